The predicted molar refractivity (Wildman–Crippen MR) is 67.1 cm³/mol. The lowest BCUT2D eigenvalue weighted by molar-refractivity contribution is -0.143. The molecule has 0 bridgehead atoms. The highest BCUT2D eigenvalue weighted by Crippen LogP contribution is 2.25. The van der Waals surface area contributed by atoms with Crippen LogP contribution in [0.5, 0.6) is 5.75 Å². The molecule has 2 heterocycles. The molecular formula is C12H15NO4S. The number of carboxylic acid groups (broad SMARTS) is 1. The van der Waals surface area contributed by atoms with Gasteiger partial charge in [-0.1, -0.05) is 0 Å². The van der Waals surface area contributed by atoms with Gasteiger partial charge in [0.05, 0.1) is 17.9 Å². The number of likely N-dealkylation sites (tertiary alicyclic amines) is 1. The first-order chi connectivity index (χ1) is 8.61. The van der Waals surface area contributed by atoms with E-state index >= 15 is 0 Å². The van der Waals surface area contributed by atoms with Gasteiger partial charge in [-0.2, -0.15) is 0 Å². The Labute approximate surface area is 109 Å². The van der Waals surface area contributed by atoms with E-state index in [1.54, 1.807) is 23.5 Å². The molecule has 6 heteroatoms. The van der Waals surface area contributed by atoms with Gasteiger partial charge in [0.1, 0.15) is 5.75 Å². The zero-order chi connectivity index (χ0) is 13.1. The van der Waals surface area contributed by atoms with Gasteiger partial charge in [-0.25, -0.2) is 0 Å². The largest absolute Gasteiger partial charge is 0.496 e. The van der Waals surface area contributed by atoms with Gasteiger partial charge < -0.3 is 14.7 Å². The van der Waals surface area contributed by atoms with Crippen molar-refractivity contribution in [3.05, 3.63) is 16.3 Å². The third-order valence-corrected chi connectivity index (χ3v) is 3.98. The molecular weight excluding hydrogens is 254 g/mol. The molecule has 1 amide bonds. The lowest BCUT2D eigenvalue weighted by Gasteiger charge is -2.30. The maximum absolute atomic E-state index is 12.2. The predicted octanol–water partition coefficient (Wildman–Crippen LogP) is 1.69. The van der Waals surface area contributed by atoms with Crippen molar-refractivity contribution in [2.24, 2.45) is 5.92 Å². The molecule has 1 aromatic heterocycles. The van der Waals surface area contributed by atoms with Crippen molar-refractivity contribution in [1.82, 2.24) is 4.90 Å². The van der Waals surface area contributed by atoms with Crippen molar-refractivity contribution in [1.29, 1.82) is 0 Å². The van der Waals surface area contributed by atoms with Gasteiger partial charge in [-0.15, -0.1) is 11.3 Å². The normalized spacial score (nSPS) is 19.6. The Morgan fingerprint density at radius 2 is 2.33 bits per heavy atom. The molecule has 0 aromatic carbocycles. The van der Waals surface area contributed by atoms with Crippen molar-refractivity contribution >= 4 is 23.2 Å². The molecule has 1 aliphatic rings. The highest BCUT2D eigenvalue weighted by Gasteiger charge is 2.29. The van der Waals surface area contributed by atoms with E-state index in [0.29, 0.717) is 30.1 Å². The number of rotatable bonds is 3. The van der Waals surface area contributed by atoms with Crippen LogP contribution in [-0.4, -0.2) is 42.1 Å². The molecule has 0 spiro atoms. The number of piperidine rings is 1. The topological polar surface area (TPSA) is 66.8 Å². The summed E-state index contributed by atoms with van der Waals surface area (Å²) in [5.41, 5.74) is 0. The maximum atomic E-state index is 12.2. The molecule has 0 unspecified atom stereocenters. The van der Waals surface area contributed by atoms with Crippen LogP contribution >= 0.6 is 11.3 Å². The van der Waals surface area contributed by atoms with Crippen molar-refractivity contribution in [2.45, 2.75) is 12.8 Å². The van der Waals surface area contributed by atoms with E-state index in [4.69, 9.17) is 9.84 Å². The highest BCUT2D eigenvalue weighted by molar-refractivity contribution is 7.12. The Morgan fingerprint density at radius 3 is 2.94 bits per heavy atom. The molecule has 1 aromatic rings. The van der Waals surface area contributed by atoms with Gasteiger partial charge in [-0.3, -0.25) is 9.59 Å². The number of nitrogens with zero attached hydrogens (tertiary/aromatic N) is 1. The fraction of sp³-hybridized carbons (Fsp3) is 0.500. The summed E-state index contributed by atoms with van der Waals surface area (Å²) >= 11 is 1.32. The first kappa shape index (κ1) is 12.9. The molecule has 1 aliphatic heterocycles. The second-order valence-electron chi connectivity index (χ2n) is 4.28. The quantitative estimate of drug-likeness (QED) is 0.906. The van der Waals surface area contributed by atoms with E-state index in [1.807, 2.05) is 0 Å². The number of carbonyl (C=O) groups is 2. The Morgan fingerprint density at radius 1 is 1.56 bits per heavy atom. The van der Waals surface area contributed by atoms with Crippen molar-refractivity contribution in [3.8, 4) is 5.75 Å². The van der Waals surface area contributed by atoms with Crippen LogP contribution in [0.15, 0.2) is 11.4 Å². The van der Waals surface area contributed by atoms with Crippen molar-refractivity contribution in [2.75, 3.05) is 20.2 Å². The molecule has 0 radical (unpaired) electrons. The molecule has 0 aliphatic carbocycles. The van der Waals surface area contributed by atoms with Crippen LogP contribution in [0.25, 0.3) is 0 Å². The second kappa shape index (κ2) is 5.39. The van der Waals surface area contributed by atoms with Crippen LogP contribution in [-0.2, 0) is 4.79 Å². The third kappa shape index (κ3) is 2.64. The first-order valence-corrected chi connectivity index (χ1v) is 6.64. The summed E-state index contributed by atoms with van der Waals surface area (Å²) < 4.78 is 5.04. The minimum absolute atomic E-state index is 0.103. The number of ether oxygens (including phenoxy) is 1. The van der Waals surface area contributed by atoms with E-state index in [1.165, 1.54) is 11.3 Å². The zero-order valence-corrected chi connectivity index (χ0v) is 10.9. The summed E-state index contributed by atoms with van der Waals surface area (Å²) in [5, 5.41) is 10.8. The van der Waals surface area contributed by atoms with Crippen molar-refractivity contribution in [3.63, 3.8) is 0 Å². The van der Waals surface area contributed by atoms with Crippen LogP contribution in [0.3, 0.4) is 0 Å². The molecule has 1 N–H and O–H groups in total. The molecule has 98 valence electrons. The van der Waals surface area contributed by atoms with Gasteiger partial charge in [0.25, 0.3) is 5.91 Å². The van der Waals surface area contributed by atoms with Crippen LogP contribution in [0.2, 0.25) is 0 Å². The first-order valence-electron chi connectivity index (χ1n) is 5.76. The van der Waals surface area contributed by atoms with E-state index in [0.717, 1.165) is 6.42 Å². The number of aliphatic carboxylic acids is 1. The Hall–Kier alpha value is -1.56. The summed E-state index contributed by atoms with van der Waals surface area (Å²) in [6, 6.07) is 1.69. The molecule has 0 saturated carbocycles. The average molecular weight is 269 g/mol. The number of carbonyl (C=O) groups excluding carboxylic acids is 1. The smallest absolute Gasteiger partial charge is 0.308 e. The summed E-state index contributed by atoms with van der Waals surface area (Å²) in [5.74, 6) is -0.704. The molecule has 2 rings (SSSR count). The molecule has 1 fully saturated rings. The number of thiophene rings is 1. The molecule has 5 nitrogen and oxygen atoms in total. The average Bonchev–Trinajstić information content (AvgIpc) is 2.86. The van der Waals surface area contributed by atoms with Crippen LogP contribution in [0.4, 0.5) is 0 Å². The lowest BCUT2D eigenvalue weighted by atomic mass is 9.98. The highest BCUT2D eigenvalue weighted by atomic mass is 32.1. The summed E-state index contributed by atoms with van der Waals surface area (Å²) in [6.45, 7) is 0.928. The minimum Gasteiger partial charge on any atom is -0.496 e. The second-order valence-corrected chi connectivity index (χ2v) is 5.19. The Bertz CT molecular complexity index is 457. The summed E-state index contributed by atoms with van der Waals surface area (Å²) in [4.78, 5) is 25.4. The van der Waals surface area contributed by atoms with Crippen LogP contribution in [0.1, 0.15) is 22.5 Å². The lowest BCUT2D eigenvalue weighted by Crippen LogP contribution is -2.42. The van der Waals surface area contributed by atoms with Gasteiger partial charge in [0, 0.05) is 24.5 Å². The number of hydrogen-bond acceptors (Lipinski definition) is 4. The number of hydrogen-bond donors (Lipinski definition) is 1. The van der Waals surface area contributed by atoms with E-state index in [9.17, 15) is 9.59 Å². The standard InChI is InChI=1S/C12H15NO4S/c1-17-9-5-10(18-7-9)11(14)13-4-2-3-8(6-13)12(15)16/h5,7-8H,2-4,6H2,1H3,(H,15,16)/t8-/m0/s1. The van der Waals surface area contributed by atoms with Gasteiger partial charge >= 0.3 is 5.97 Å². The summed E-state index contributed by atoms with van der Waals surface area (Å²) in [6.07, 6.45) is 1.39. The van der Waals surface area contributed by atoms with E-state index in [2.05, 4.69) is 0 Å². The minimum atomic E-state index is -0.823. The number of methoxy groups -OCH3 is 1. The monoisotopic (exact) mass is 269 g/mol. The fourth-order valence-corrected chi connectivity index (χ4v) is 2.88. The third-order valence-electron chi connectivity index (χ3n) is 3.08. The van der Waals surface area contributed by atoms with E-state index < -0.39 is 11.9 Å². The van der Waals surface area contributed by atoms with Gasteiger partial charge in [0.15, 0.2) is 0 Å². The van der Waals surface area contributed by atoms with Crippen LogP contribution < -0.4 is 4.74 Å². The molecule has 1 saturated heterocycles. The Balaban J connectivity index is 2.06. The number of carboxylic acids is 1. The molecule has 1 atom stereocenters. The van der Waals surface area contributed by atoms with Gasteiger partial charge in [-0.05, 0) is 12.8 Å². The summed E-state index contributed by atoms with van der Waals surface area (Å²) in [7, 11) is 1.55. The van der Waals surface area contributed by atoms with E-state index in [-0.39, 0.29) is 5.91 Å². The fourth-order valence-electron chi connectivity index (χ4n) is 2.06. The Kier molecular flexibility index (Phi) is 3.86. The van der Waals surface area contributed by atoms with Gasteiger partial charge in [0.2, 0.25) is 0 Å². The van der Waals surface area contributed by atoms with Crippen molar-refractivity contribution < 1.29 is 19.4 Å². The number of amides is 1. The SMILES string of the molecule is COc1csc(C(=O)N2CCC[C@H](C(=O)O)C2)c1. The zero-order valence-electron chi connectivity index (χ0n) is 10.1. The molecule has 18 heavy (non-hydrogen) atoms. The van der Waals surface area contributed by atoms with Crippen LogP contribution in [0, 0.1) is 5.92 Å². The maximum Gasteiger partial charge on any atom is 0.308 e.